The number of carbonyl (C=O) groups is 2. The normalized spacial score (nSPS) is 18.0. The lowest BCUT2D eigenvalue weighted by molar-refractivity contribution is 0.0566. The van der Waals surface area contributed by atoms with Gasteiger partial charge in [-0.05, 0) is 39.0 Å². The average Bonchev–Trinajstić information content (AvgIpc) is 2.70. The Bertz CT molecular complexity index is 921. The Labute approximate surface area is 174 Å². The fraction of sp³-hybridized carbons (Fsp3) is 0.381. The van der Waals surface area contributed by atoms with Gasteiger partial charge in [0.2, 0.25) is 0 Å². The minimum atomic E-state index is -0.943. The van der Waals surface area contributed by atoms with E-state index in [4.69, 9.17) is 0 Å². The molecule has 1 unspecified atom stereocenters. The standard InChI is InChI=1S/C21H26FN5O3/c1-13-7-8-16(11-23-13)24-20(28)25-18-6-4-5-17(19(18)22)15(3)26-9-10-27(21(29)30)14(2)12-26/h4-8,11,14-15H,9-10,12H2,1-3H3,(H,29,30)(H2,24,25,28)/t14-,15?/m0/s1. The van der Waals surface area contributed by atoms with Crippen LogP contribution in [0.2, 0.25) is 0 Å². The van der Waals surface area contributed by atoms with E-state index >= 15 is 4.39 Å². The van der Waals surface area contributed by atoms with Gasteiger partial charge in [-0.1, -0.05) is 12.1 Å². The first-order valence-electron chi connectivity index (χ1n) is 9.79. The van der Waals surface area contributed by atoms with Gasteiger partial charge < -0.3 is 20.6 Å². The van der Waals surface area contributed by atoms with Gasteiger partial charge in [-0.25, -0.2) is 14.0 Å². The van der Waals surface area contributed by atoms with Crippen molar-refractivity contribution < 1.29 is 19.1 Å². The quantitative estimate of drug-likeness (QED) is 0.703. The van der Waals surface area contributed by atoms with Gasteiger partial charge in [0.25, 0.3) is 0 Å². The monoisotopic (exact) mass is 415 g/mol. The number of amides is 3. The molecule has 1 aromatic carbocycles. The summed E-state index contributed by atoms with van der Waals surface area (Å²) >= 11 is 0. The van der Waals surface area contributed by atoms with E-state index in [0.29, 0.717) is 30.9 Å². The lowest BCUT2D eigenvalue weighted by Gasteiger charge is -2.41. The van der Waals surface area contributed by atoms with Crippen LogP contribution in [0, 0.1) is 12.7 Å². The zero-order valence-corrected chi connectivity index (χ0v) is 17.2. The fourth-order valence-corrected chi connectivity index (χ4v) is 3.61. The number of pyridine rings is 1. The topological polar surface area (TPSA) is 97.8 Å². The van der Waals surface area contributed by atoms with Crippen LogP contribution in [0.25, 0.3) is 0 Å². The van der Waals surface area contributed by atoms with Crippen LogP contribution >= 0.6 is 0 Å². The molecule has 1 aliphatic heterocycles. The largest absolute Gasteiger partial charge is 0.465 e. The molecule has 0 aliphatic carbocycles. The molecular weight excluding hydrogens is 389 g/mol. The summed E-state index contributed by atoms with van der Waals surface area (Å²) in [6.07, 6.45) is 0.587. The number of urea groups is 1. The summed E-state index contributed by atoms with van der Waals surface area (Å²) in [5.74, 6) is -0.504. The molecule has 160 valence electrons. The second kappa shape index (κ2) is 9.08. The Morgan fingerprint density at radius 1 is 1.23 bits per heavy atom. The molecule has 1 fully saturated rings. The summed E-state index contributed by atoms with van der Waals surface area (Å²) in [5.41, 5.74) is 1.86. The highest BCUT2D eigenvalue weighted by atomic mass is 19.1. The fourth-order valence-electron chi connectivity index (χ4n) is 3.61. The van der Waals surface area contributed by atoms with Gasteiger partial charge in [0.1, 0.15) is 0 Å². The third-order valence-electron chi connectivity index (χ3n) is 5.35. The van der Waals surface area contributed by atoms with Crippen LogP contribution in [0.1, 0.15) is 31.1 Å². The van der Waals surface area contributed by atoms with Crippen molar-refractivity contribution in [1.82, 2.24) is 14.8 Å². The number of carbonyl (C=O) groups excluding carboxylic acids is 1. The van der Waals surface area contributed by atoms with Crippen molar-refractivity contribution in [2.45, 2.75) is 32.9 Å². The zero-order chi connectivity index (χ0) is 21.8. The predicted octanol–water partition coefficient (Wildman–Crippen LogP) is 3.92. The van der Waals surface area contributed by atoms with Gasteiger partial charge in [0.15, 0.2) is 5.82 Å². The molecule has 3 rings (SSSR count). The first kappa shape index (κ1) is 21.5. The maximum atomic E-state index is 15.1. The van der Waals surface area contributed by atoms with Gasteiger partial charge in [-0.15, -0.1) is 0 Å². The van der Waals surface area contributed by atoms with Gasteiger partial charge in [-0.2, -0.15) is 0 Å². The van der Waals surface area contributed by atoms with Crippen LogP contribution in [0.4, 0.5) is 25.4 Å². The predicted molar refractivity (Wildman–Crippen MR) is 112 cm³/mol. The number of carboxylic acid groups (broad SMARTS) is 1. The SMILES string of the molecule is Cc1ccc(NC(=O)Nc2cccc(C(C)N3CCN(C(=O)O)[C@@H](C)C3)c2F)cn1. The molecule has 1 aliphatic rings. The smallest absolute Gasteiger partial charge is 0.407 e. The number of rotatable bonds is 4. The number of piperazine rings is 1. The Kier molecular flexibility index (Phi) is 6.51. The number of nitrogens with zero attached hydrogens (tertiary/aromatic N) is 3. The maximum absolute atomic E-state index is 15.1. The summed E-state index contributed by atoms with van der Waals surface area (Å²) in [4.78, 5) is 31.1. The maximum Gasteiger partial charge on any atom is 0.407 e. The molecule has 3 N–H and O–H groups in total. The van der Waals surface area contributed by atoms with E-state index in [0.717, 1.165) is 5.69 Å². The van der Waals surface area contributed by atoms with Gasteiger partial charge in [-0.3, -0.25) is 9.88 Å². The van der Waals surface area contributed by atoms with Crippen LogP contribution in [-0.4, -0.2) is 57.7 Å². The molecule has 2 heterocycles. The summed E-state index contributed by atoms with van der Waals surface area (Å²) in [6, 6.07) is 7.34. The second-order valence-electron chi connectivity index (χ2n) is 7.47. The molecule has 1 aromatic heterocycles. The van der Waals surface area contributed by atoms with Gasteiger partial charge in [0.05, 0.1) is 17.6 Å². The van der Waals surface area contributed by atoms with E-state index in [1.165, 1.54) is 17.2 Å². The minimum Gasteiger partial charge on any atom is -0.465 e. The molecule has 3 amide bonds. The van der Waals surface area contributed by atoms with Crippen molar-refractivity contribution in [2.24, 2.45) is 0 Å². The van der Waals surface area contributed by atoms with Crippen molar-refractivity contribution in [3.05, 3.63) is 53.6 Å². The summed E-state index contributed by atoms with van der Waals surface area (Å²) in [7, 11) is 0. The molecule has 2 aromatic rings. The third kappa shape index (κ3) is 4.85. The highest BCUT2D eigenvalue weighted by Gasteiger charge is 2.31. The lowest BCUT2D eigenvalue weighted by Crippen LogP contribution is -2.54. The molecule has 0 bridgehead atoms. The number of hydrogen-bond donors (Lipinski definition) is 3. The minimum absolute atomic E-state index is 0.0779. The number of hydrogen-bond acceptors (Lipinski definition) is 4. The van der Waals surface area contributed by atoms with Crippen molar-refractivity contribution in [3.8, 4) is 0 Å². The number of aryl methyl sites for hydroxylation is 1. The molecule has 0 radical (unpaired) electrons. The Hall–Kier alpha value is -3.20. The Morgan fingerprint density at radius 3 is 2.63 bits per heavy atom. The number of anilines is 2. The number of benzene rings is 1. The third-order valence-corrected chi connectivity index (χ3v) is 5.35. The second-order valence-corrected chi connectivity index (χ2v) is 7.47. The molecule has 8 nitrogen and oxygen atoms in total. The zero-order valence-electron chi connectivity index (χ0n) is 17.2. The van der Waals surface area contributed by atoms with Crippen LogP contribution in [-0.2, 0) is 0 Å². The van der Waals surface area contributed by atoms with Crippen molar-refractivity contribution in [3.63, 3.8) is 0 Å². The van der Waals surface area contributed by atoms with Crippen molar-refractivity contribution >= 4 is 23.5 Å². The van der Waals surface area contributed by atoms with E-state index in [1.807, 2.05) is 25.7 Å². The van der Waals surface area contributed by atoms with Crippen LogP contribution in [0.15, 0.2) is 36.5 Å². The van der Waals surface area contributed by atoms with E-state index < -0.39 is 17.9 Å². The highest BCUT2D eigenvalue weighted by molar-refractivity contribution is 5.99. The molecule has 2 atom stereocenters. The van der Waals surface area contributed by atoms with E-state index in [1.54, 1.807) is 24.3 Å². The van der Waals surface area contributed by atoms with Crippen LogP contribution in [0.5, 0.6) is 0 Å². The molecule has 0 saturated carbocycles. The van der Waals surface area contributed by atoms with E-state index in [-0.39, 0.29) is 17.8 Å². The highest BCUT2D eigenvalue weighted by Crippen LogP contribution is 2.29. The first-order valence-corrected chi connectivity index (χ1v) is 9.79. The molecule has 0 spiro atoms. The van der Waals surface area contributed by atoms with E-state index in [9.17, 15) is 14.7 Å². The molecule has 1 saturated heterocycles. The molecule has 30 heavy (non-hydrogen) atoms. The lowest BCUT2D eigenvalue weighted by atomic mass is 10.0. The number of aromatic nitrogens is 1. The number of halogens is 1. The summed E-state index contributed by atoms with van der Waals surface area (Å²) in [6.45, 7) is 6.94. The number of nitrogens with one attached hydrogen (secondary N) is 2. The molecule has 9 heteroatoms. The molecular formula is C21H26FN5O3. The van der Waals surface area contributed by atoms with Gasteiger partial charge in [0, 0.05) is 43.0 Å². The summed E-state index contributed by atoms with van der Waals surface area (Å²) < 4.78 is 15.1. The van der Waals surface area contributed by atoms with Crippen LogP contribution < -0.4 is 10.6 Å². The van der Waals surface area contributed by atoms with Crippen LogP contribution in [0.3, 0.4) is 0 Å². The average molecular weight is 415 g/mol. The van der Waals surface area contributed by atoms with Crippen molar-refractivity contribution in [2.75, 3.05) is 30.3 Å². The van der Waals surface area contributed by atoms with E-state index in [2.05, 4.69) is 15.6 Å². The van der Waals surface area contributed by atoms with Crippen molar-refractivity contribution in [1.29, 1.82) is 0 Å². The Morgan fingerprint density at radius 2 is 2.00 bits per heavy atom. The Balaban J connectivity index is 1.69. The van der Waals surface area contributed by atoms with Gasteiger partial charge >= 0.3 is 12.1 Å². The first-order chi connectivity index (χ1) is 14.3. The summed E-state index contributed by atoms with van der Waals surface area (Å²) in [5, 5.41) is 14.4.